The summed E-state index contributed by atoms with van der Waals surface area (Å²) >= 11 is 5.99. The van der Waals surface area contributed by atoms with Gasteiger partial charge in [-0.25, -0.2) is 0 Å². The van der Waals surface area contributed by atoms with Crippen molar-refractivity contribution in [3.8, 4) is 5.75 Å². The Morgan fingerprint density at radius 1 is 1.37 bits per heavy atom. The highest BCUT2D eigenvalue weighted by molar-refractivity contribution is 7.87. The molecule has 1 atom stereocenters. The molecule has 1 aromatic rings. The van der Waals surface area contributed by atoms with Gasteiger partial charge in [0.1, 0.15) is 11.9 Å². The van der Waals surface area contributed by atoms with E-state index < -0.39 is 10.2 Å². The van der Waals surface area contributed by atoms with Crippen molar-refractivity contribution >= 4 is 21.8 Å². The fourth-order valence-electron chi connectivity index (χ4n) is 1.32. The number of nitrogens with zero attached hydrogens (tertiary/aromatic N) is 1. The van der Waals surface area contributed by atoms with Crippen molar-refractivity contribution in [2.24, 2.45) is 0 Å². The molecule has 108 valence electrons. The summed E-state index contributed by atoms with van der Waals surface area (Å²) in [6.07, 6.45) is 0.399. The minimum atomic E-state index is -3.44. The Morgan fingerprint density at radius 2 is 2.00 bits per heavy atom. The van der Waals surface area contributed by atoms with Gasteiger partial charge in [0.25, 0.3) is 10.2 Å². The number of para-hydroxylation sites is 1. The van der Waals surface area contributed by atoms with Crippen molar-refractivity contribution in [1.82, 2.24) is 9.03 Å². The summed E-state index contributed by atoms with van der Waals surface area (Å²) in [5, 5.41) is 0.511. The number of ether oxygens (including phenoxy) is 1. The zero-order valence-corrected chi connectivity index (χ0v) is 12.8. The molecule has 0 unspecified atom stereocenters. The molecule has 0 heterocycles. The molecule has 0 saturated heterocycles. The average Bonchev–Trinajstić information content (AvgIpc) is 2.36. The van der Waals surface area contributed by atoms with Crippen LogP contribution in [0.25, 0.3) is 0 Å². The predicted octanol–water partition coefficient (Wildman–Crippen LogP) is 1.89. The highest BCUT2D eigenvalue weighted by Crippen LogP contribution is 2.24. The third kappa shape index (κ3) is 4.99. The topological polar surface area (TPSA) is 58.6 Å². The third-order valence-corrected chi connectivity index (χ3v) is 4.36. The number of hydrogen-bond acceptors (Lipinski definition) is 3. The SMILES string of the molecule is CC[C@H](CNS(=O)(=O)N(C)C)Oc1ccccc1Cl. The quantitative estimate of drug-likeness (QED) is 0.837. The highest BCUT2D eigenvalue weighted by atomic mass is 35.5. The Bertz CT molecular complexity index is 505. The van der Waals surface area contributed by atoms with Crippen LogP contribution in [0.3, 0.4) is 0 Å². The van der Waals surface area contributed by atoms with Crippen LogP contribution in [0.5, 0.6) is 5.75 Å². The molecular formula is C12H19ClN2O3S. The Labute approximate surface area is 119 Å². The van der Waals surface area contributed by atoms with Gasteiger partial charge in [0, 0.05) is 20.6 Å². The summed E-state index contributed by atoms with van der Waals surface area (Å²) in [5.41, 5.74) is 0. The molecule has 0 saturated carbocycles. The molecule has 7 heteroatoms. The first kappa shape index (κ1) is 16.2. The minimum absolute atomic E-state index is 0.197. The Kier molecular flexibility index (Phi) is 6.06. The van der Waals surface area contributed by atoms with Crippen molar-refractivity contribution < 1.29 is 13.2 Å². The summed E-state index contributed by atoms with van der Waals surface area (Å²) in [6.45, 7) is 2.12. The van der Waals surface area contributed by atoms with E-state index in [4.69, 9.17) is 16.3 Å². The molecule has 0 aromatic heterocycles. The van der Waals surface area contributed by atoms with E-state index in [0.29, 0.717) is 17.2 Å². The molecule has 0 fully saturated rings. The fraction of sp³-hybridized carbons (Fsp3) is 0.500. The Morgan fingerprint density at radius 3 is 2.53 bits per heavy atom. The van der Waals surface area contributed by atoms with E-state index >= 15 is 0 Å². The number of benzene rings is 1. The van der Waals surface area contributed by atoms with E-state index in [0.717, 1.165) is 4.31 Å². The average molecular weight is 307 g/mol. The van der Waals surface area contributed by atoms with E-state index in [1.54, 1.807) is 12.1 Å². The van der Waals surface area contributed by atoms with Gasteiger partial charge >= 0.3 is 0 Å². The van der Waals surface area contributed by atoms with Crippen molar-refractivity contribution in [2.45, 2.75) is 19.4 Å². The van der Waals surface area contributed by atoms with Crippen LogP contribution in [-0.4, -0.2) is 39.5 Å². The molecule has 1 aromatic carbocycles. The fourth-order valence-corrected chi connectivity index (χ4v) is 2.15. The molecule has 0 amide bonds. The lowest BCUT2D eigenvalue weighted by molar-refractivity contribution is 0.200. The minimum Gasteiger partial charge on any atom is -0.488 e. The zero-order valence-electron chi connectivity index (χ0n) is 11.3. The molecule has 0 spiro atoms. The molecule has 1 N–H and O–H groups in total. The van der Waals surface area contributed by atoms with Crippen molar-refractivity contribution in [1.29, 1.82) is 0 Å². The molecule has 0 radical (unpaired) electrons. The van der Waals surface area contributed by atoms with Crippen LogP contribution in [0, 0.1) is 0 Å². The molecule has 1 rings (SSSR count). The second-order valence-corrected chi connectivity index (χ2v) is 6.59. The van der Waals surface area contributed by atoms with Crippen LogP contribution in [-0.2, 0) is 10.2 Å². The molecule has 0 aliphatic rings. The molecule has 5 nitrogen and oxygen atoms in total. The van der Waals surface area contributed by atoms with Gasteiger partial charge in [0.2, 0.25) is 0 Å². The van der Waals surface area contributed by atoms with Gasteiger partial charge in [-0.15, -0.1) is 0 Å². The summed E-state index contributed by atoms with van der Waals surface area (Å²) in [5.74, 6) is 0.556. The second kappa shape index (κ2) is 7.09. The van der Waals surface area contributed by atoms with Crippen molar-refractivity contribution in [3.63, 3.8) is 0 Å². The number of rotatable bonds is 7. The molecule has 0 aliphatic carbocycles. The maximum atomic E-state index is 11.6. The van der Waals surface area contributed by atoms with E-state index in [1.165, 1.54) is 14.1 Å². The number of halogens is 1. The Balaban J connectivity index is 2.63. The van der Waals surface area contributed by atoms with E-state index in [9.17, 15) is 8.42 Å². The van der Waals surface area contributed by atoms with Crippen LogP contribution in [0.15, 0.2) is 24.3 Å². The lowest BCUT2D eigenvalue weighted by atomic mass is 10.2. The maximum Gasteiger partial charge on any atom is 0.279 e. The van der Waals surface area contributed by atoms with Crippen LogP contribution in [0.1, 0.15) is 13.3 Å². The summed E-state index contributed by atoms with van der Waals surface area (Å²) in [6, 6.07) is 7.11. The van der Waals surface area contributed by atoms with E-state index in [1.807, 2.05) is 19.1 Å². The van der Waals surface area contributed by atoms with Gasteiger partial charge in [0.05, 0.1) is 5.02 Å². The smallest absolute Gasteiger partial charge is 0.279 e. The summed E-state index contributed by atoms with van der Waals surface area (Å²) < 4.78 is 32.5. The van der Waals surface area contributed by atoms with Crippen LogP contribution < -0.4 is 9.46 Å². The molecular weight excluding hydrogens is 288 g/mol. The molecule has 0 bridgehead atoms. The van der Waals surface area contributed by atoms with E-state index in [-0.39, 0.29) is 12.6 Å². The summed E-state index contributed by atoms with van der Waals surface area (Å²) in [4.78, 5) is 0. The first-order valence-corrected chi connectivity index (χ1v) is 7.77. The van der Waals surface area contributed by atoms with Crippen LogP contribution in [0.2, 0.25) is 5.02 Å². The van der Waals surface area contributed by atoms with Gasteiger partial charge in [-0.2, -0.15) is 17.4 Å². The molecule has 19 heavy (non-hydrogen) atoms. The van der Waals surface area contributed by atoms with Gasteiger partial charge in [-0.05, 0) is 18.6 Å². The van der Waals surface area contributed by atoms with Crippen LogP contribution in [0.4, 0.5) is 0 Å². The van der Waals surface area contributed by atoms with Gasteiger partial charge in [0.15, 0.2) is 0 Å². The first-order valence-electron chi connectivity index (χ1n) is 5.95. The van der Waals surface area contributed by atoms with Gasteiger partial charge < -0.3 is 4.74 Å². The van der Waals surface area contributed by atoms with Crippen molar-refractivity contribution in [3.05, 3.63) is 29.3 Å². The maximum absolute atomic E-state index is 11.6. The van der Waals surface area contributed by atoms with Gasteiger partial charge in [-0.1, -0.05) is 30.7 Å². The second-order valence-electron chi connectivity index (χ2n) is 4.21. The summed E-state index contributed by atoms with van der Waals surface area (Å²) in [7, 11) is -0.495. The lowest BCUT2D eigenvalue weighted by Crippen LogP contribution is -2.41. The predicted molar refractivity (Wildman–Crippen MR) is 76.8 cm³/mol. The largest absolute Gasteiger partial charge is 0.488 e. The normalized spacial score (nSPS) is 13.5. The third-order valence-electron chi connectivity index (χ3n) is 2.56. The number of nitrogens with one attached hydrogen (secondary N) is 1. The standard InChI is InChI=1S/C12H19ClN2O3S/c1-4-10(9-14-19(16,17)15(2)3)18-12-8-6-5-7-11(12)13/h5-8,10,14H,4,9H2,1-3H3/t10-/m1/s1. The first-order chi connectivity index (χ1) is 8.86. The highest BCUT2D eigenvalue weighted by Gasteiger charge is 2.17. The molecule has 0 aliphatic heterocycles. The van der Waals surface area contributed by atoms with Crippen LogP contribution >= 0.6 is 11.6 Å². The monoisotopic (exact) mass is 306 g/mol. The van der Waals surface area contributed by atoms with Crippen molar-refractivity contribution in [2.75, 3.05) is 20.6 Å². The Hall–Kier alpha value is -0.820. The lowest BCUT2D eigenvalue weighted by Gasteiger charge is -2.20. The van der Waals surface area contributed by atoms with E-state index in [2.05, 4.69) is 4.72 Å². The van der Waals surface area contributed by atoms with Gasteiger partial charge in [-0.3, -0.25) is 0 Å². The zero-order chi connectivity index (χ0) is 14.5. The number of hydrogen-bond donors (Lipinski definition) is 1.